The molecule has 0 fully saturated rings. The van der Waals surface area contributed by atoms with Gasteiger partial charge in [0.25, 0.3) is 0 Å². The number of nitrogens with one attached hydrogen (secondary N) is 1. The van der Waals surface area contributed by atoms with Crippen LogP contribution in [0.1, 0.15) is 47.5 Å². The van der Waals surface area contributed by atoms with Crippen molar-refractivity contribution in [3.05, 3.63) is 18.3 Å². The van der Waals surface area contributed by atoms with Crippen LogP contribution in [0.25, 0.3) is 0 Å². The molecule has 0 saturated carbocycles. The zero-order valence-electron chi connectivity index (χ0n) is 14.0. The molecule has 124 valence electrons. The summed E-state index contributed by atoms with van der Waals surface area (Å²) in [4.78, 5) is 15.7. The van der Waals surface area contributed by atoms with Crippen molar-refractivity contribution in [3.63, 3.8) is 0 Å². The van der Waals surface area contributed by atoms with Gasteiger partial charge in [0.2, 0.25) is 0 Å². The standard InChI is InChI=1S/C16H26N2O4/c1-15(2,3)22-14(19)18-13-11-12(7-9-17-13)21-10-6-8-16(4,5)20/h7,9,11,20H,6,8,10H2,1-5H3,(H,17,18,19). The van der Waals surface area contributed by atoms with Crippen LogP contribution >= 0.6 is 0 Å². The molecule has 0 unspecified atom stereocenters. The predicted octanol–water partition coefficient (Wildman–Crippen LogP) is 3.36. The number of ether oxygens (including phenoxy) is 2. The summed E-state index contributed by atoms with van der Waals surface area (Å²) in [6.07, 6.45) is 2.39. The molecule has 0 radical (unpaired) electrons. The first-order valence-corrected chi connectivity index (χ1v) is 7.36. The summed E-state index contributed by atoms with van der Waals surface area (Å²) in [5.74, 6) is 0.978. The van der Waals surface area contributed by atoms with Crippen LogP contribution in [0, 0.1) is 0 Å². The highest BCUT2D eigenvalue weighted by atomic mass is 16.6. The van der Waals surface area contributed by atoms with Crippen LogP contribution in [0.4, 0.5) is 10.6 Å². The first-order chi connectivity index (χ1) is 10.1. The molecule has 6 nitrogen and oxygen atoms in total. The molecule has 0 saturated heterocycles. The number of amides is 1. The third-order valence-electron chi connectivity index (χ3n) is 2.56. The van der Waals surface area contributed by atoms with Gasteiger partial charge in [-0.15, -0.1) is 0 Å². The lowest BCUT2D eigenvalue weighted by atomic mass is 10.0. The Bertz CT molecular complexity index is 490. The zero-order chi connectivity index (χ0) is 16.8. The van der Waals surface area contributed by atoms with Crippen LogP contribution in [-0.4, -0.2) is 34.0 Å². The van der Waals surface area contributed by atoms with E-state index in [1.807, 2.05) is 0 Å². The van der Waals surface area contributed by atoms with E-state index in [9.17, 15) is 9.90 Å². The molecule has 6 heteroatoms. The second-order valence-corrected chi connectivity index (χ2v) is 6.77. The highest BCUT2D eigenvalue weighted by Crippen LogP contribution is 2.17. The Morgan fingerprint density at radius 3 is 2.59 bits per heavy atom. The van der Waals surface area contributed by atoms with E-state index in [0.29, 0.717) is 24.6 Å². The Kier molecular flexibility index (Phi) is 6.17. The van der Waals surface area contributed by atoms with Crippen LogP contribution in [0.3, 0.4) is 0 Å². The molecule has 0 bridgehead atoms. The fraction of sp³-hybridized carbons (Fsp3) is 0.625. The molecule has 2 N–H and O–H groups in total. The number of pyridine rings is 1. The topological polar surface area (TPSA) is 80.7 Å². The molecule has 0 atom stereocenters. The van der Waals surface area contributed by atoms with Gasteiger partial charge >= 0.3 is 6.09 Å². The lowest BCUT2D eigenvalue weighted by Gasteiger charge is -2.19. The first-order valence-electron chi connectivity index (χ1n) is 7.36. The van der Waals surface area contributed by atoms with Crippen molar-refractivity contribution < 1.29 is 19.4 Å². The number of aliphatic hydroxyl groups is 1. The lowest BCUT2D eigenvalue weighted by molar-refractivity contribution is 0.0628. The fourth-order valence-corrected chi connectivity index (χ4v) is 1.67. The Labute approximate surface area is 131 Å². The SMILES string of the molecule is CC(C)(O)CCCOc1ccnc(NC(=O)OC(C)(C)C)c1. The molecular formula is C16H26N2O4. The summed E-state index contributed by atoms with van der Waals surface area (Å²) in [5.41, 5.74) is -1.25. The van der Waals surface area contributed by atoms with E-state index >= 15 is 0 Å². The molecule has 1 rings (SSSR count). The molecule has 0 aromatic carbocycles. The van der Waals surface area contributed by atoms with E-state index in [0.717, 1.165) is 6.42 Å². The van der Waals surface area contributed by atoms with E-state index in [2.05, 4.69) is 10.3 Å². The van der Waals surface area contributed by atoms with Gasteiger partial charge in [0.1, 0.15) is 17.2 Å². The van der Waals surface area contributed by atoms with Gasteiger partial charge in [0, 0.05) is 12.3 Å². The Morgan fingerprint density at radius 1 is 1.32 bits per heavy atom. The number of aromatic nitrogens is 1. The quantitative estimate of drug-likeness (QED) is 0.787. The molecule has 0 spiro atoms. The molecule has 1 amide bonds. The summed E-state index contributed by atoms with van der Waals surface area (Å²) < 4.78 is 10.7. The number of hydrogen-bond donors (Lipinski definition) is 2. The van der Waals surface area contributed by atoms with Crippen LogP contribution in [-0.2, 0) is 4.74 Å². The van der Waals surface area contributed by atoms with Gasteiger partial charge in [-0.2, -0.15) is 0 Å². The Hall–Kier alpha value is -1.82. The van der Waals surface area contributed by atoms with Crippen LogP contribution in [0.5, 0.6) is 5.75 Å². The van der Waals surface area contributed by atoms with E-state index in [4.69, 9.17) is 9.47 Å². The maximum Gasteiger partial charge on any atom is 0.413 e. The molecule has 1 aromatic heterocycles. The smallest absolute Gasteiger partial charge is 0.413 e. The molecule has 22 heavy (non-hydrogen) atoms. The monoisotopic (exact) mass is 310 g/mol. The molecule has 1 aromatic rings. The van der Waals surface area contributed by atoms with Crippen molar-refractivity contribution in [2.45, 2.75) is 58.7 Å². The number of rotatable bonds is 6. The second kappa shape index (κ2) is 7.45. The van der Waals surface area contributed by atoms with Gasteiger partial charge in [-0.25, -0.2) is 9.78 Å². The zero-order valence-corrected chi connectivity index (χ0v) is 14.0. The maximum absolute atomic E-state index is 11.7. The second-order valence-electron chi connectivity index (χ2n) is 6.77. The van der Waals surface area contributed by atoms with Gasteiger partial charge < -0.3 is 14.6 Å². The molecular weight excluding hydrogens is 284 g/mol. The number of carbonyl (C=O) groups is 1. The predicted molar refractivity (Wildman–Crippen MR) is 85.1 cm³/mol. The number of anilines is 1. The summed E-state index contributed by atoms with van der Waals surface area (Å²) in [6.45, 7) is 9.40. The summed E-state index contributed by atoms with van der Waals surface area (Å²) in [6, 6.07) is 3.35. The molecule has 0 aliphatic carbocycles. The molecule has 1 heterocycles. The van der Waals surface area contributed by atoms with E-state index in [1.165, 1.54) is 0 Å². The third-order valence-corrected chi connectivity index (χ3v) is 2.56. The van der Waals surface area contributed by atoms with Crippen molar-refractivity contribution in [1.29, 1.82) is 0 Å². The van der Waals surface area contributed by atoms with Crippen LogP contribution < -0.4 is 10.1 Å². The van der Waals surface area contributed by atoms with Gasteiger partial charge in [-0.1, -0.05) is 0 Å². The maximum atomic E-state index is 11.7. The first kappa shape index (κ1) is 18.2. The summed E-state index contributed by atoms with van der Waals surface area (Å²) in [5, 5.41) is 12.2. The van der Waals surface area contributed by atoms with Crippen molar-refractivity contribution in [3.8, 4) is 5.75 Å². The molecule has 0 aliphatic rings. The number of carbonyl (C=O) groups excluding carboxylic acids is 1. The Morgan fingerprint density at radius 2 is 2.00 bits per heavy atom. The fourth-order valence-electron chi connectivity index (χ4n) is 1.67. The lowest BCUT2D eigenvalue weighted by Crippen LogP contribution is -2.27. The van der Waals surface area contributed by atoms with Crippen molar-refractivity contribution in [2.24, 2.45) is 0 Å². The van der Waals surface area contributed by atoms with Crippen molar-refractivity contribution in [1.82, 2.24) is 4.98 Å². The Balaban J connectivity index is 2.47. The average Bonchev–Trinajstić information content (AvgIpc) is 2.31. The number of nitrogens with zero attached hydrogens (tertiary/aromatic N) is 1. The average molecular weight is 310 g/mol. The van der Waals surface area contributed by atoms with Crippen LogP contribution in [0.2, 0.25) is 0 Å². The van der Waals surface area contributed by atoms with Crippen molar-refractivity contribution in [2.75, 3.05) is 11.9 Å². The minimum atomic E-state index is -0.689. The minimum Gasteiger partial charge on any atom is -0.493 e. The van der Waals surface area contributed by atoms with Crippen molar-refractivity contribution >= 4 is 11.9 Å². The molecule has 0 aliphatic heterocycles. The van der Waals surface area contributed by atoms with Gasteiger partial charge in [0.15, 0.2) is 0 Å². The van der Waals surface area contributed by atoms with Gasteiger partial charge in [0.05, 0.1) is 12.2 Å². The van der Waals surface area contributed by atoms with E-state index in [1.54, 1.807) is 52.9 Å². The van der Waals surface area contributed by atoms with E-state index in [-0.39, 0.29) is 0 Å². The van der Waals surface area contributed by atoms with Crippen LogP contribution in [0.15, 0.2) is 18.3 Å². The third kappa shape index (κ3) is 8.46. The summed E-state index contributed by atoms with van der Waals surface area (Å²) >= 11 is 0. The summed E-state index contributed by atoms with van der Waals surface area (Å²) in [7, 11) is 0. The van der Waals surface area contributed by atoms with Gasteiger partial charge in [-0.05, 0) is 53.5 Å². The minimum absolute atomic E-state index is 0.370. The van der Waals surface area contributed by atoms with E-state index < -0.39 is 17.3 Å². The number of hydrogen-bond acceptors (Lipinski definition) is 5. The largest absolute Gasteiger partial charge is 0.493 e. The normalized spacial score (nSPS) is 11.9. The van der Waals surface area contributed by atoms with Gasteiger partial charge in [-0.3, -0.25) is 5.32 Å². The highest BCUT2D eigenvalue weighted by molar-refractivity contribution is 5.83. The highest BCUT2D eigenvalue weighted by Gasteiger charge is 2.16.